The van der Waals surface area contributed by atoms with Gasteiger partial charge in [-0.25, -0.2) is 0 Å². The van der Waals surface area contributed by atoms with Crippen LogP contribution in [0.15, 0.2) is 36.4 Å². The Bertz CT molecular complexity index is 1320. The summed E-state index contributed by atoms with van der Waals surface area (Å²) in [6.45, 7) is 18.0. The van der Waals surface area contributed by atoms with Gasteiger partial charge in [0, 0.05) is 22.3 Å². The molecule has 0 heterocycles. The first kappa shape index (κ1) is 28.2. The Kier molecular flexibility index (Phi) is 7.26. The third-order valence-electron chi connectivity index (χ3n) is 7.11. The van der Waals surface area contributed by atoms with Gasteiger partial charge in [-0.2, -0.15) is 0 Å². The van der Waals surface area contributed by atoms with Crippen LogP contribution in [0.4, 0.5) is 0 Å². The molecule has 0 aliphatic carbocycles. The zero-order valence-electron chi connectivity index (χ0n) is 23.6. The second-order valence-corrected chi connectivity index (χ2v) is 12.8. The lowest BCUT2D eigenvalue weighted by Gasteiger charge is -2.31. The van der Waals surface area contributed by atoms with E-state index < -0.39 is 10.8 Å². The summed E-state index contributed by atoms with van der Waals surface area (Å²) in [5, 5.41) is 54.8. The fourth-order valence-corrected chi connectivity index (χ4v) is 4.97. The molecule has 3 aromatic carbocycles. The number of hydrogen-bond acceptors (Lipinski definition) is 5. The molecule has 0 radical (unpaired) electrons. The molecule has 0 saturated carbocycles. The summed E-state index contributed by atoms with van der Waals surface area (Å²) in [7, 11) is 0. The Hall–Kier alpha value is -3.34. The predicted octanol–water partition coefficient (Wildman–Crippen LogP) is 7.56. The molecule has 0 aliphatic rings. The molecule has 0 saturated heterocycles. The Morgan fingerprint density at radius 1 is 0.541 bits per heavy atom. The summed E-state index contributed by atoms with van der Waals surface area (Å²) < 4.78 is 0. The maximum atomic E-state index is 11.4. The van der Waals surface area contributed by atoms with E-state index in [9.17, 15) is 25.5 Å². The van der Waals surface area contributed by atoms with Gasteiger partial charge in [-0.05, 0) is 70.0 Å². The van der Waals surface area contributed by atoms with Crippen molar-refractivity contribution in [2.75, 3.05) is 0 Å². The highest BCUT2D eigenvalue weighted by molar-refractivity contribution is 5.80. The van der Waals surface area contributed by atoms with Gasteiger partial charge in [-0.1, -0.05) is 74.4 Å². The van der Waals surface area contributed by atoms with Crippen LogP contribution in [0, 0.1) is 0 Å². The van der Waals surface area contributed by atoms with Gasteiger partial charge in [-0.3, -0.25) is 0 Å². The fourth-order valence-electron chi connectivity index (χ4n) is 4.97. The minimum Gasteiger partial charge on any atom is -0.508 e. The second kappa shape index (κ2) is 9.51. The average molecular weight is 507 g/mol. The minimum absolute atomic E-state index is 0.0432. The van der Waals surface area contributed by atoms with Gasteiger partial charge in [0.1, 0.15) is 28.7 Å². The van der Waals surface area contributed by atoms with Gasteiger partial charge in [0.2, 0.25) is 0 Å². The molecule has 0 amide bonds. The molecular formula is C32H42O5. The van der Waals surface area contributed by atoms with Gasteiger partial charge < -0.3 is 25.5 Å². The lowest BCUT2D eigenvalue weighted by Crippen LogP contribution is -2.23. The largest absolute Gasteiger partial charge is 0.508 e. The van der Waals surface area contributed by atoms with E-state index in [2.05, 4.69) is 33.8 Å². The van der Waals surface area contributed by atoms with Crippen molar-refractivity contribution in [3.05, 3.63) is 64.2 Å². The molecule has 0 atom stereocenters. The second-order valence-electron chi connectivity index (χ2n) is 12.8. The molecule has 5 heteroatoms. The highest BCUT2D eigenvalue weighted by Gasteiger charge is 2.31. The van der Waals surface area contributed by atoms with E-state index in [-0.39, 0.29) is 45.3 Å². The summed E-state index contributed by atoms with van der Waals surface area (Å²) in [5.41, 5.74) is 2.92. The van der Waals surface area contributed by atoms with E-state index in [1.54, 1.807) is 0 Å². The number of benzene rings is 3. The summed E-state index contributed by atoms with van der Waals surface area (Å²) in [5.74, 6) is -0.0118. The summed E-state index contributed by atoms with van der Waals surface area (Å²) in [6, 6.07) is 9.87. The third-order valence-corrected chi connectivity index (χ3v) is 7.11. The highest BCUT2D eigenvalue weighted by Crippen LogP contribution is 2.48. The van der Waals surface area contributed by atoms with Gasteiger partial charge >= 0.3 is 0 Å². The lowest BCUT2D eigenvalue weighted by atomic mass is 9.74. The van der Waals surface area contributed by atoms with Crippen LogP contribution >= 0.6 is 0 Å². The van der Waals surface area contributed by atoms with Crippen molar-refractivity contribution in [3.63, 3.8) is 0 Å². The molecule has 0 aromatic heterocycles. The first-order valence-electron chi connectivity index (χ1n) is 12.8. The standard InChI is InChI=1S/C32H42O5/c1-10-18-11-24(30(2,3)4)29(37)26(12-18)32(8,9)17-19-13-20(33)14-22(27(19)35)23-15-21(34)16-25(28(23)36)31(5,6)7/h11-16,33-37H,10,17H2,1-9H3. The van der Waals surface area contributed by atoms with Crippen LogP contribution in [-0.4, -0.2) is 25.5 Å². The Morgan fingerprint density at radius 3 is 1.51 bits per heavy atom. The molecule has 0 spiro atoms. The molecule has 3 rings (SSSR count). The van der Waals surface area contributed by atoms with E-state index >= 15 is 0 Å². The van der Waals surface area contributed by atoms with Gasteiger partial charge in [-0.15, -0.1) is 0 Å². The molecule has 0 fully saturated rings. The molecule has 3 aromatic rings. The van der Waals surface area contributed by atoms with Crippen molar-refractivity contribution in [1.82, 2.24) is 0 Å². The normalized spacial score (nSPS) is 12.7. The topological polar surface area (TPSA) is 101 Å². The van der Waals surface area contributed by atoms with Crippen LogP contribution in [0.3, 0.4) is 0 Å². The quantitative estimate of drug-likeness (QED) is 0.230. The number of aryl methyl sites for hydroxylation is 1. The highest BCUT2D eigenvalue weighted by atomic mass is 16.3. The lowest BCUT2D eigenvalue weighted by molar-refractivity contribution is 0.406. The van der Waals surface area contributed by atoms with Crippen molar-refractivity contribution in [2.24, 2.45) is 0 Å². The first-order valence-corrected chi connectivity index (χ1v) is 12.8. The van der Waals surface area contributed by atoms with E-state index in [0.717, 1.165) is 23.1 Å². The van der Waals surface area contributed by atoms with Crippen LogP contribution in [0.5, 0.6) is 28.7 Å². The third kappa shape index (κ3) is 5.66. The van der Waals surface area contributed by atoms with Crippen molar-refractivity contribution < 1.29 is 25.5 Å². The van der Waals surface area contributed by atoms with E-state index in [4.69, 9.17) is 0 Å². The maximum Gasteiger partial charge on any atom is 0.127 e. The van der Waals surface area contributed by atoms with Crippen molar-refractivity contribution >= 4 is 0 Å². The molecule has 0 aliphatic heterocycles. The zero-order chi connectivity index (χ0) is 28.1. The zero-order valence-corrected chi connectivity index (χ0v) is 23.6. The molecule has 5 nitrogen and oxygen atoms in total. The molecule has 200 valence electrons. The van der Waals surface area contributed by atoms with Crippen molar-refractivity contribution in [2.45, 2.75) is 91.4 Å². The minimum atomic E-state index is -0.602. The summed E-state index contributed by atoms with van der Waals surface area (Å²) in [4.78, 5) is 0. The predicted molar refractivity (Wildman–Crippen MR) is 150 cm³/mol. The average Bonchev–Trinajstić information content (AvgIpc) is 2.75. The number of phenols is 5. The van der Waals surface area contributed by atoms with Gasteiger partial charge in [0.05, 0.1) is 0 Å². The van der Waals surface area contributed by atoms with E-state index in [0.29, 0.717) is 17.5 Å². The van der Waals surface area contributed by atoms with Gasteiger partial charge in [0.25, 0.3) is 0 Å². The van der Waals surface area contributed by atoms with Crippen molar-refractivity contribution in [1.29, 1.82) is 0 Å². The fraction of sp³-hybridized carbons (Fsp3) is 0.438. The molecule has 0 unspecified atom stereocenters. The van der Waals surface area contributed by atoms with E-state index in [1.807, 2.05) is 40.7 Å². The first-order chi connectivity index (χ1) is 16.9. The van der Waals surface area contributed by atoms with Crippen LogP contribution in [-0.2, 0) is 29.1 Å². The molecule has 37 heavy (non-hydrogen) atoms. The van der Waals surface area contributed by atoms with Crippen molar-refractivity contribution in [3.8, 4) is 39.9 Å². The SMILES string of the molecule is CCc1cc(C(C)(C)C)c(O)c(C(C)(C)Cc2cc(O)cc(-c3cc(O)cc(C(C)(C)C)c3O)c2O)c1. The van der Waals surface area contributed by atoms with Crippen LogP contribution in [0.25, 0.3) is 11.1 Å². The number of phenolic OH excluding ortho intramolecular Hbond substituents is 5. The summed E-state index contributed by atoms with van der Waals surface area (Å²) in [6.07, 6.45) is 1.14. The Morgan fingerprint density at radius 2 is 1.00 bits per heavy atom. The maximum absolute atomic E-state index is 11.4. The van der Waals surface area contributed by atoms with Gasteiger partial charge in [0.15, 0.2) is 0 Å². The van der Waals surface area contributed by atoms with E-state index in [1.165, 1.54) is 24.3 Å². The summed E-state index contributed by atoms with van der Waals surface area (Å²) >= 11 is 0. The number of aromatic hydroxyl groups is 5. The van der Waals surface area contributed by atoms with Crippen LogP contribution in [0.2, 0.25) is 0 Å². The molecule has 5 N–H and O–H groups in total. The monoisotopic (exact) mass is 506 g/mol. The molecular weight excluding hydrogens is 464 g/mol. The Labute approximate surface area is 221 Å². The Balaban J connectivity index is 2.19. The number of rotatable bonds is 5. The number of hydrogen-bond donors (Lipinski definition) is 5. The van der Waals surface area contributed by atoms with Crippen LogP contribution < -0.4 is 0 Å². The van der Waals surface area contributed by atoms with Crippen LogP contribution in [0.1, 0.15) is 90.1 Å². The molecule has 0 bridgehead atoms. The smallest absolute Gasteiger partial charge is 0.127 e.